The summed E-state index contributed by atoms with van der Waals surface area (Å²) in [7, 11) is 0. The van der Waals surface area contributed by atoms with Crippen LogP contribution in [0, 0.1) is 10.6 Å². The van der Waals surface area contributed by atoms with Crippen molar-refractivity contribution in [2.45, 2.75) is 13.5 Å². The number of hydrogen-bond donors (Lipinski definition) is 1. The second kappa shape index (κ2) is 10.5. The Morgan fingerprint density at radius 3 is 2.64 bits per heavy atom. The van der Waals surface area contributed by atoms with Gasteiger partial charge in [0.05, 0.1) is 17.3 Å². The Kier molecular flexibility index (Phi) is 7.31. The van der Waals surface area contributed by atoms with Crippen LogP contribution in [0.4, 0.5) is 4.39 Å². The predicted octanol–water partition coefficient (Wildman–Crippen LogP) is 6.37. The molecule has 0 aliphatic rings. The Morgan fingerprint density at radius 2 is 1.88 bits per heavy atom. The van der Waals surface area contributed by atoms with Gasteiger partial charge >= 0.3 is 0 Å². The van der Waals surface area contributed by atoms with E-state index in [9.17, 15) is 4.39 Å². The van der Waals surface area contributed by atoms with Crippen molar-refractivity contribution in [3.8, 4) is 22.9 Å². The molecule has 0 unspecified atom stereocenters. The number of nitrogens with zero attached hydrogens (tertiary/aromatic N) is 3. The minimum Gasteiger partial charge on any atom is -0.490 e. The lowest BCUT2D eigenvalue weighted by Gasteiger charge is -2.15. The first-order valence-electron chi connectivity index (χ1n) is 10.2. The lowest BCUT2D eigenvalue weighted by molar-refractivity contribution is 0.264. The quantitative estimate of drug-likeness (QED) is 0.214. The molecule has 0 saturated heterocycles. The van der Waals surface area contributed by atoms with Crippen LogP contribution < -0.4 is 9.47 Å². The first-order valence-corrected chi connectivity index (χ1v) is 11.4. The van der Waals surface area contributed by atoms with Crippen molar-refractivity contribution in [1.82, 2.24) is 14.9 Å². The van der Waals surface area contributed by atoms with Gasteiger partial charge in [-0.1, -0.05) is 48.5 Å². The van der Waals surface area contributed by atoms with Gasteiger partial charge in [0, 0.05) is 11.1 Å². The van der Waals surface area contributed by atoms with Gasteiger partial charge < -0.3 is 9.47 Å². The Hall–Kier alpha value is -3.30. The maximum Gasteiger partial charge on any atom is 0.216 e. The number of nitrogens with one attached hydrogen (secondary N) is 1. The zero-order chi connectivity index (χ0) is 23.2. The van der Waals surface area contributed by atoms with Gasteiger partial charge in [0.25, 0.3) is 0 Å². The van der Waals surface area contributed by atoms with Crippen molar-refractivity contribution >= 4 is 34.4 Å². The number of H-pyrrole nitrogens is 1. The van der Waals surface area contributed by atoms with E-state index < -0.39 is 0 Å². The van der Waals surface area contributed by atoms with Crippen molar-refractivity contribution in [2.24, 2.45) is 5.10 Å². The Labute approximate surface area is 203 Å². The molecule has 0 bridgehead atoms. The van der Waals surface area contributed by atoms with E-state index in [1.54, 1.807) is 35.2 Å². The molecule has 0 atom stereocenters. The highest BCUT2D eigenvalue weighted by Crippen LogP contribution is 2.37. The molecule has 0 amide bonds. The smallest absolute Gasteiger partial charge is 0.216 e. The highest BCUT2D eigenvalue weighted by molar-refractivity contribution is 9.10. The standard InChI is InChI=1S/C24H20BrFN4O2S/c1-2-31-21-13-16(12-19(25)22(21)32-15-18-10-6-7-11-20(18)26)14-27-30-23(28-29-24(30)33)17-8-4-3-5-9-17/h3-14H,2,15H2,1H3,(H,29,33). The van der Waals surface area contributed by atoms with Crippen LogP contribution in [-0.4, -0.2) is 27.7 Å². The summed E-state index contributed by atoms with van der Waals surface area (Å²) in [4.78, 5) is 0. The van der Waals surface area contributed by atoms with E-state index in [4.69, 9.17) is 21.7 Å². The molecule has 0 aliphatic carbocycles. The van der Waals surface area contributed by atoms with Crippen LogP contribution in [0.5, 0.6) is 11.5 Å². The Balaban J connectivity index is 1.62. The van der Waals surface area contributed by atoms with E-state index in [1.807, 2.05) is 43.3 Å². The van der Waals surface area contributed by atoms with E-state index in [0.717, 1.165) is 11.1 Å². The number of rotatable bonds is 8. The fourth-order valence-corrected chi connectivity index (χ4v) is 3.88. The molecule has 168 valence electrons. The highest BCUT2D eigenvalue weighted by atomic mass is 79.9. The van der Waals surface area contributed by atoms with Crippen molar-refractivity contribution in [1.29, 1.82) is 0 Å². The second-order valence-corrected chi connectivity index (χ2v) is 8.16. The lowest BCUT2D eigenvalue weighted by atomic mass is 10.2. The molecule has 0 aliphatic heterocycles. The molecule has 0 fully saturated rings. The van der Waals surface area contributed by atoms with E-state index in [0.29, 0.717) is 38.7 Å². The molecular weight excluding hydrogens is 507 g/mol. The number of hydrogen-bond acceptors (Lipinski definition) is 5. The van der Waals surface area contributed by atoms with Crippen LogP contribution in [0.2, 0.25) is 0 Å². The van der Waals surface area contributed by atoms with Crippen LogP contribution >= 0.6 is 28.1 Å². The van der Waals surface area contributed by atoms with Crippen LogP contribution in [0.25, 0.3) is 11.4 Å². The Morgan fingerprint density at radius 1 is 1.12 bits per heavy atom. The summed E-state index contributed by atoms with van der Waals surface area (Å²) in [5.74, 6) is 1.29. The van der Waals surface area contributed by atoms with Gasteiger partial charge in [-0.25, -0.2) is 9.49 Å². The third kappa shape index (κ3) is 5.37. The molecule has 6 nitrogen and oxygen atoms in total. The second-order valence-electron chi connectivity index (χ2n) is 6.92. The molecule has 4 aromatic rings. The molecule has 3 aromatic carbocycles. The van der Waals surface area contributed by atoms with Crippen LogP contribution in [-0.2, 0) is 6.61 Å². The van der Waals surface area contributed by atoms with E-state index >= 15 is 0 Å². The first kappa shape index (κ1) is 22.9. The fraction of sp³-hybridized carbons (Fsp3) is 0.125. The van der Waals surface area contributed by atoms with Crippen molar-refractivity contribution in [3.05, 3.63) is 92.9 Å². The summed E-state index contributed by atoms with van der Waals surface area (Å²) in [5.41, 5.74) is 2.10. The minimum absolute atomic E-state index is 0.0728. The van der Waals surface area contributed by atoms with Gasteiger partial charge in [-0.15, -0.1) is 0 Å². The normalized spacial score (nSPS) is 11.1. The highest BCUT2D eigenvalue weighted by Gasteiger charge is 2.14. The average Bonchev–Trinajstić information content (AvgIpc) is 3.19. The summed E-state index contributed by atoms with van der Waals surface area (Å²) in [6.45, 7) is 2.39. The van der Waals surface area contributed by atoms with Crippen molar-refractivity contribution in [2.75, 3.05) is 6.61 Å². The number of halogens is 2. The molecule has 33 heavy (non-hydrogen) atoms. The van der Waals surface area contributed by atoms with Crippen LogP contribution in [0.1, 0.15) is 18.1 Å². The molecule has 9 heteroatoms. The maximum absolute atomic E-state index is 14.0. The molecule has 0 radical (unpaired) electrons. The van der Waals surface area contributed by atoms with Gasteiger partial charge in [-0.05, 0) is 58.8 Å². The maximum atomic E-state index is 14.0. The third-order valence-corrected chi connectivity index (χ3v) is 5.52. The fourth-order valence-electron chi connectivity index (χ4n) is 3.13. The van der Waals surface area contributed by atoms with E-state index in [1.165, 1.54) is 6.07 Å². The first-order chi connectivity index (χ1) is 16.1. The molecule has 4 rings (SSSR count). The van der Waals surface area contributed by atoms with Crippen LogP contribution in [0.3, 0.4) is 0 Å². The number of aromatic nitrogens is 3. The third-order valence-electron chi connectivity index (χ3n) is 4.67. The molecule has 0 spiro atoms. The van der Waals surface area contributed by atoms with Gasteiger partial charge in [0.15, 0.2) is 17.3 Å². The van der Waals surface area contributed by atoms with Gasteiger partial charge in [0.1, 0.15) is 12.4 Å². The van der Waals surface area contributed by atoms with Crippen molar-refractivity contribution < 1.29 is 13.9 Å². The lowest BCUT2D eigenvalue weighted by Crippen LogP contribution is -2.03. The van der Waals surface area contributed by atoms with Gasteiger partial charge in [-0.2, -0.15) is 14.9 Å². The zero-order valence-electron chi connectivity index (χ0n) is 17.7. The molecule has 1 heterocycles. The summed E-state index contributed by atoms with van der Waals surface area (Å²) in [6.07, 6.45) is 1.66. The summed E-state index contributed by atoms with van der Waals surface area (Å²) < 4.78 is 28.2. The average molecular weight is 527 g/mol. The van der Waals surface area contributed by atoms with E-state index in [2.05, 4.69) is 31.2 Å². The van der Waals surface area contributed by atoms with Crippen molar-refractivity contribution in [3.63, 3.8) is 0 Å². The molecule has 1 aromatic heterocycles. The molecular formula is C24H20BrFN4O2S. The van der Waals surface area contributed by atoms with Gasteiger partial charge in [-0.3, -0.25) is 0 Å². The van der Waals surface area contributed by atoms with Gasteiger partial charge in [0.2, 0.25) is 4.77 Å². The number of benzene rings is 3. The summed E-state index contributed by atoms with van der Waals surface area (Å²) >= 11 is 8.88. The zero-order valence-corrected chi connectivity index (χ0v) is 20.1. The molecule has 1 N–H and O–H groups in total. The summed E-state index contributed by atoms with van der Waals surface area (Å²) in [6, 6.07) is 19.8. The largest absolute Gasteiger partial charge is 0.490 e. The molecule has 0 saturated carbocycles. The minimum atomic E-state index is -0.318. The Bertz CT molecular complexity index is 1340. The van der Waals surface area contributed by atoms with E-state index in [-0.39, 0.29) is 12.4 Å². The monoisotopic (exact) mass is 526 g/mol. The van der Waals surface area contributed by atoms with Crippen LogP contribution in [0.15, 0.2) is 76.3 Å². The topological polar surface area (TPSA) is 64.4 Å². The number of ether oxygens (including phenoxy) is 2. The summed E-state index contributed by atoms with van der Waals surface area (Å²) in [5, 5.41) is 11.6. The number of aromatic amines is 1. The SMILES string of the molecule is CCOc1cc(C=Nn2c(-c3ccccc3)n[nH]c2=S)cc(Br)c1OCc1ccccc1F. The predicted molar refractivity (Wildman–Crippen MR) is 132 cm³/mol.